The summed E-state index contributed by atoms with van der Waals surface area (Å²) in [6.07, 6.45) is 1.50. The van der Waals surface area contributed by atoms with Crippen molar-refractivity contribution in [1.29, 1.82) is 0 Å². The molecule has 2 aromatic rings. The number of amides is 3. The van der Waals surface area contributed by atoms with Crippen molar-refractivity contribution in [2.75, 3.05) is 25.1 Å². The molecule has 0 saturated carbocycles. The molecule has 0 aromatic heterocycles. The van der Waals surface area contributed by atoms with Gasteiger partial charge in [-0.05, 0) is 43.2 Å². The lowest BCUT2D eigenvalue weighted by Crippen LogP contribution is -2.36. The third-order valence-corrected chi connectivity index (χ3v) is 6.00. The predicted molar refractivity (Wildman–Crippen MR) is 116 cm³/mol. The molecule has 1 saturated heterocycles. The molecule has 2 aliphatic heterocycles. The molecule has 4 rings (SSSR count). The molecule has 2 aliphatic rings. The Morgan fingerprint density at radius 3 is 2.66 bits per heavy atom. The summed E-state index contributed by atoms with van der Waals surface area (Å²) < 4.78 is 10.5. The largest absolute Gasteiger partial charge is 0.452 e. The number of hydrogen-bond donors (Lipinski definition) is 1. The van der Waals surface area contributed by atoms with Crippen molar-refractivity contribution >= 4 is 52.6 Å². The number of ether oxygens (including phenoxy) is 2. The molecule has 10 heteroatoms. The van der Waals surface area contributed by atoms with Crippen molar-refractivity contribution in [3.63, 3.8) is 0 Å². The normalized spacial score (nSPS) is 17.4. The lowest BCUT2D eigenvalue weighted by molar-refractivity contribution is -0.119. The van der Waals surface area contributed by atoms with E-state index in [1.165, 1.54) is 18.2 Å². The zero-order valence-corrected chi connectivity index (χ0v) is 18.2. The predicted octanol–water partition coefficient (Wildman–Crippen LogP) is 3.56. The van der Waals surface area contributed by atoms with Gasteiger partial charge in [-0.25, -0.2) is 4.79 Å². The second-order valence-corrected chi connectivity index (χ2v) is 8.13. The van der Waals surface area contributed by atoms with Crippen molar-refractivity contribution in [2.45, 2.75) is 18.9 Å². The van der Waals surface area contributed by atoms with Gasteiger partial charge in [-0.1, -0.05) is 29.3 Å². The van der Waals surface area contributed by atoms with Gasteiger partial charge in [-0.2, -0.15) is 0 Å². The first kappa shape index (κ1) is 22.3. The van der Waals surface area contributed by atoms with Crippen LogP contribution in [-0.4, -0.2) is 54.5 Å². The Balaban J connectivity index is 1.39. The Morgan fingerprint density at radius 2 is 1.91 bits per heavy atom. The standard InChI is InChI=1S/C22H18Cl2N2O6/c23-16-4-1-5-17(19(16)24)25-18(27)11-32-22(30)12-6-7-14-15(9-12)21(29)26(20(14)28)10-13-3-2-8-31-13/h1,4-7,9,13H,2-3,8,10-11H2,(H,25,27)/t13-/m0/s1. The Labute approximate surface area is 193 Å². The van der Waals surface area contributed by atoms with Gasteiger partial charge < -0.3 is 14.8 Å². The van der Waals surface area contributed by atoms with E-state index in [0.717, 1.165) is 17.7 Å². The summed E-state index contributed by atoms with van der Waals surface area (Å²) in [6, 6.07) is 8.84. The molecule has 32 heavy (non-hydrogen) atoms. The second-order valence-electron chi connectivity index (χ2n) is 7.34. The summed E-state index contributed by atoms with van der Waals surface area (Å²) in [6.45, 7) is 0.218. The molecule has 0 radical (unpaired) electrons. The number of rotatable bonds is 6. The number of carbonyl (C=O) groups excluding carboxylic acids is 4. The van der Waals surface area contributed by atoms with Crippen LogP contribution in [0.15, 0.2) is 36.4 Å². The summed E-state index contributed by atoms with van der Waals surface area (Å²) in [4.78, 5) is 50.9. The van der Waals surface area contributed by atoms with Crippen LogP contribution in [0, 0.1) is 0 Å². The fourth-order valence-corrected chi connectivity index (χ4v) is 3.92. The number of imide groups is 1. The van der Waals surface area contributed by atoms with E-state index in [2.05, 4.69) is 5.32 Å². The van der Waals surface area contributed by atoms with Crippen LogP contribution < -0.4 is 5.32 Å². The fraction of sp³-hybridized carbons (Fsp3) is 0.273. The van der Waals surface area contributed by atoms with Crippen LogP contribution in [0.1, 0.15) is 43.9 Å². The summed E-state index contributed by atoms with van der Waals surface area (Å²) in [5.41, 5.74) is 0.682. The quantitative estimate of drug-likeness (QED) is 0.504. The highest BCUT2D eigenvalue weighted by atomic mass is 35.5. The summed E-state index contributed by atoms with van der Waals surface area (Å²) in [5.74, 6) is -2.32. The average Bonchev–Trinajstić information content (AvgIpc) is 3.38. The third kappa shape index (κ3) is 4.48. The zero-order chi connectivity index (χ0) is 22.8. The van der Waals surface area contributed by atoms with Gasteiger partial charge in [0.2, 0.25) is 0 Å². The molecule has 2 heterocycles. The highest BCUT2D eigenvalue weighted by Crippen LogP contribution is 2.29. The Kier molecular flexibility index (Phi) is 6.45. The van der Waals surface area contributed by atoms with Crippen LogP contribution in [0.5, 0.6) is 0 Å². The number of halogens is 2. The first-order valence-electron chi connectivity index (χ1n) is 9.88. The molecular formula is C22H18Cl2N2O6. The van der Waals surface area contributed by atoms with E-state index in [0.29, 0.717) is 6.61 Å². The molecule has 1 fully saturated rings. The topological polar surface area (TPSA) is 102 Å². The SMILES string of the molecule is O=C(COC(=O)c1ccc2c(c1)C(=O)N(C[C@@H]1CCCO1)C2=O)Nc1cccc(Cl)c1Cl. The zero-order valence-electron chi connectivity index (χ0n) is 16.7. The molecule has 2 aromatic carbocycles. The fourth-order valence-electron chi connectivity index (χ4n) is 3.58. The van der Waals surface area contributed by atoms with Crippen molar-refractivity contribution in [1.82, 2.24) is 4.90 Å². The van der Waals surface area contributed by atoms with E-state index < -0.39 is 30.3 Å². The van der Waals surface area contributed by atoms with Gasteiger partial charge in [0.1, 0.15) is 0 Å². The summed E-state index contributed by atoms with van der Waals surface area (Å²) in [5, 5.41) is 2.94. The van der Waals surface area contributed by atoms with E-state index in [1.807, 2.05) is 0 Å². The Hall–Kier alpha value is -2.94. The van der Waals surface area contributed by atoms with Gasteiger partial charge in [-0.15, -0.1) is 0 Å². The van der Waals surface area contributed by atoms with E-state index in [4.69, 9.17) is 32.7 Å². The minimum atomic E-state index is -0.807. The maximum absolute atomic E-state index is 12.7. The van der Waals surface area contributed by atoms with Crippen LogP contribution in [0.3, 0.4) is 0 Å². The van der Waals surface area contributed by atoms with Crippen molar-refractivity contribution in [2.24, 2.45) is 0 Å². The van der Waals surface area contributed by atoms with Gasteiger partial charge in [0, 0.05) is 6.61 Å². The van der Waals surface area contributed by atoms with Gasteiger partial charge in [0.15, 0.2) is 6.61 Å². The number of anilines is 1. The molecule has 8 nitrogen and oxygen atoms in total. The monoisotopic (exact) mass is 476 g/mol. The number of nitrogens with zero attached hydrogens (tertiary/aromatic N) is 1. The number of hydrogen-bond acceptors (Lipinski definition) is 6. The second kappa shape index (κ2) is 9.28. The van der Waals surface area contributed by atoms with E-state index in [9.17, 15) is 19.2 Å². The molecular weight excluding hydrogens is 459 g/mol. The third-order valence-electron chi connectivity index (χ3n) is 5.18. The lowest BCUT2D eigenvalue weighted by atomic mass is 10.1. The highest BCUT2D eigenvalue weighted by Gasteiger charge is 2.38. The number of fused-ring (bicyclic) bond motifs is 1. The smallest absolute Gasteiger partial charge is 0.338 e. The number of carbonyl (C=O) groups is 4. The van der Waals surface area contributed by atoms with Crippen molar-refractivity contribution in [3.05, 3.63) is 63.1 Å². The van der Waals surface area contributed by atoms with Crippen LogP contribution in [0.2, 0.25) is 10.0 Å². The molecule has 3 amide bonds. The van der Waals surface area contributed by atoms with Crippen LogP contribution in [0.4, 0.5) is 5.69 Å². The maximum Gasteiger partial charge on any atom is 0.338 e. The van der Waals surface area contributed by atoms with Crippen LogP contribution >= 0.6 is 23.2 Å². The Bertz CT molecular complexity index is 1110. The average molecular weight is 477 g/mol. The lowest BCUT2D eigenvalue weighted by Gasteiger charge is -2.17. The molecule has 1 atom stereocenters. The number of esters is 1. The summed E-state index contributed by atoms with van der Waals surface area (Å²) >= 11 is 11.9. The van der Waals surface area contributed by atoms with Gasteiger partial charge in [-0.3, -0.25) is 19.3 Å². The van der Waals surface area contributed by atoms with Crippen molar-refractivity contribution < 1.29 is 28.7 Å². The van der Waals surface area contributed by atoms with Crippen molar-refractivity contribution in [3.8, 4) is 0 Å². The minimum Gasteiger partial charge on any atom is -0.452 e. The molecule has 0 unspecified atom stereocenters. The van der Waals surface area contributed by atoms with Gasteiger partial charge >= 0.3 is 5.97 Å². The summed E-state index contributed by atoms with van der Waals surface area (Å²) in [7, 11) is 0. The van der Waals surface area contributed by atoms with E-state index >= 15 is 0 Å². The minimum absolute atomic E-state index is 0.0532. The van der Waals surface area contributed by atoms with Gasteiger partial charge in [0.05, 0.1) is 45.1 Å². The molecule has 1 N–H and O–H groups in total. The Morgan fingerprint density at radius 1 is 1.12 bits per heavy atom. The van der Waals surface area contributed by atoms with Crippen LogP contribution in [-0.2, 0) is 14.3 Å². The van der Waals surface area contributed by atoms with E-state index in [-0.39, 0.29) is 45.1 Å². The molecule has 0 bridgehead atoms. The number of benzene rings is 2. The number of nitrogens with one attached hydrogen (secondary N) is 1. The first-order valence-corrected chi connectivity index (χ1v) is 10.6. The van der Waals surface area contributed by atoms with E-state index in [1.54, 1.807) is 18.2 Å². The highest BCUT2D eigenvalue weighted by molar-refractivity contribution is 6.44. The van der Waals surface area contributed by atoms with Gasteiger partial charge in [0.25, 0.3) is 17.7 Å². The molecule has 0 aliphatic carbocycles. The molecule has 166 valence electrons. The first-order chi connectivity index (χ1) is 15.3. The maximum atomic E-state index is 12.7. The van der Waals surface area contributed by atoms with Crippen LogP contribution in [0.25, 0.3) is 0 Å². The molecule has 0 spiro atoms.